The highest BCUT2D eigenvalue weighted by atomic mass is 16.4. The van der Waals surface area contributed by atoms with Crippen LogP contribution in [0.15, 0.2) is 5.16 Å². The van der Waals surface area contributed by atoms with Gasteiger partial charge in [0.1, 0.15) is 0 Å². The van der Waals surface area contributed by atoms with Crippen LogP contribution in [0.2, 0.25) is 0 Å². The first-order valence-electron chi connectivity index (χ1n) is 4.28. The van der Waals surface area contributed by atoms with E-state index >= 15 is 0 Å². The summed E-state index contributed by atoms with van der Waals surface area (Å²) in [6, 6.07) is 1.78. The second kappa shape index (κ2) is 2.98. The summed E-state index contributed by atoms with van der Waals surface area (Å²) in [5, 5.41) is 29.7. The molecular weight excluding hydrogens is 184 g/mol. The molecule has 1 unspecified atom stereocenters. The molecule has 0 bridgehead atoms. The lowest BCUT2D eigenvalue weighted by Crippen LogP contribution is -2.44. The van der Waals surface area contributed by atoms with Crippen molar-refractivity contribution < 1.29 is 15.1 Å². The molecular formula is C9H12N2O3. The molecule has 0 amide bonds. The van der Waals surface area contributed by atoms with Gasteiger partial charge in [0, 0.05) is 5.41 Å². The number of carboxylic acid groups (broad SMARTS) is 1. The molecule has 1 atom stereocenters. The Hall–Kier alpha value is -1.57. The third-order valence-electron chi connectivity index (χ3n) is 3.04. The van der Waals surface area contributed by atoms with Crippen molar-refractivity contribution in [3.05, 3.63) is 0 Å². The lowest BCUT2D eigenvalue weighted by atomic mass is 9.68. The minimum absolute atomic E-state index is 0.0532. The zero-order chi connectivity index (χ0) is 11.0. The molecule has 0 saturated heterocycles. The van der Waals surface area contributed by atoms with E-state index in [0.29, 0.717) is 12.8 Å². The van der Waals surface area contributed by atoms with Crippen molar-refractivity contribution in [3.8, 4) is 6.07 Å². The molecule has 76 valence electrons. The smallest absolute Gasteiger partial charge is 0.330 e. The summed E-state index contributed by atoms with van der Waals surface area (Å²) >= 11 is 0. The van der Waals surface area contributed by atoms with Gasteiger partial charge in [0.05, 0.1) is 11.8 Å². The quantitative estimate of drug-likeness (QED) is 0.487. The Balaban J connectivity index is 3.39. The van der Waals surface area contributed by atoms with Crippen LogP contribution in [0.4, 0.5) is 0 Å². The summed E-state index contributed by atoms with van der Waals surface area (Å²) in [7, 11) is 0. The van der Waals surface area contributed by atoms with Gasteiger partial charge in [0.25, 0.3) is 0 Å². The van der Waals surface area contributed by atoms with Crippen molar-refractivity contribution in [1.29, 1.82) is 5.26 Å². The molecule has 0 aliphatic heterocycles. The van der Waals surface area contributed by atoms with Crippen LogP contribution in [0.3, 0.4) is 0 Å². The van der Waals surface area contributed by atoms with Crippen LogP contribution >= 0.6 is 0 Å². The number of hydrogen-bond acceptors (Lipinski definition) is 4. The lowest BCUT2D eigenvalue weighted by molar-refractivity contribution is -0.146. The molecule has 0 aromatic carbocycles. The number of nitriles is 1. The van der Waals surface area contributed by atoms with Gasteiger partial charge in [-0.1, -0.05) is 19.0 Å². The van der Waals surface area contributed by atoms with E-state index in [9.17, 15) is 4.79 Å². The highest BCUT2D eigenvalue weighted by Gasteiger charge is 2.60. The summed E-state index contributed by atoms with van der Waals surface area (Å²) in [4.78, 5) is 11.1. The first-order valence-corrected chi connectivity index (χ1v) is 4.28. The van der Waals surface area contributed by atoms with Crippen molar-refractivity contribution in [2.75, 3.05) is 0 Å². The minimum Gasteiger partial charge on any atom is -0.480 e. The van der Waals surface area contributed by atoms with Crippen LogP contribution in [0.5, 0.6) is 0 Å². The van der Waals surface area contributed by atoms with Crippen LogP contribution in [-0.2, 0) is 4.79 Å². The van der Waals surface area contributed by atoms with Gasteiger partial charge >= 0.3 is 5.97 Å². The average molecular weight is 196 g/mol. The first kappa shape index (κ1) is 10.5. The van der Waals surface area contributed by atoms with E-state index in [-0.39, 0.29) is 5.71 Å². The van der Waals surface area contributed by atoms with Crippen LogP contribution in [0, 0.1) is 22.2 Å². The average Bonchev–Trinajstić information content (AvgIpc) is 2.36. The van der Waals surface area contributed by atoms with Gasteiger partial charge in [-0.3, -0.25) is 4.79 Å². The van der Waals surface area contributed by atoms with Crippen LogP contribution in [0.1, 0.15) is 26.7 Å². The number of aliphatic carboxylic acids is 1. The van der Waals surface area contributed by atoms with Gasteiger partial charge in [-0.05, 0) is 12.8 Å². The van der Waals surface area contributed by atoms with E-state index in [1.165, 1.54) is 0 Å². The Labute approximate surface area is 81.6 Å². The summed E-state index contributed by atoms with van der Waals surface area (Å²) in [6.45, 7) is 3.39. The van der Waals surface area contributed by atoms with Crippen molar-refractivity contribution in [2.24, 2.45) is 16.0 Å². The monoisotopic (exact) mass is 196 g/mol. The molecule has 0 aromatic rings. The summed E-state index contributed by atoms with van der Waals surface area (Å²) < 4.78 is 0. The van der Waals surface area contributed by atoms with Crippen molar-refractivity contribution in [2.45, 2.75) is 26.7 Å². The second-order valence-electron chi connectivity index (χ2n) is 4.10. The topological polar surface area (TPSA) is 93.7 Å². The summed E-state index contributed by atoms with van der Waals surface area (Å²) in [6.07, 6.45) is 0.885. The largest absolute Gasteiger partial charge is 0.480 e. The van der Waals surface area contributed by atoms with Crippen molar-refractivity contribution >= 4 is 11.7 Å². The SMILES string of the molecule is CC1(C)CC/C(=N\O)C1(C#N)C(=O)O. The Bertz CT molecular complexity index is 340. The Morgan fingerprint density at radius 1 is 1.64 bits per heavy atom. The molecule has 0 radical (unpaired) electrons. The summed E-state index contributed by atoms with van der Waals surface area (Å²) in [5.41, 5.74) is -2.32. The molecule has 1 fully saturated rings. The lowest BCUT2D eigenvalue weighted by Gasteiger charge is -2.30. The number of hydrogen-bond donors (Lipinski definition) is 2. The number of carboxylic acids is 1. The predicted molar refractivity (Wildman–Crippen MR) is 47.9 cm³/mol. The molecule has 1 rings (SSSR count). The van der Waals surface area contributed by atoms with Gasteiger partial charge in [0.2, 0.25) is 0 Å². The Morgan fingerprint density at radius 2 is 2.21 bits per heavy atom. The maximum absolute atomic E-state index is 11.1. The van der Waals surface area contributed by atoms with E-state index in [1.54, 1.807) is 19.9 Å². The fourth-order valence-electron chi connectivity index (χ4n) is 2.00. The van der Waals surface area contributed by atoms with Gasteiger partial charge in [-0.15, -0.1) is 0 Å². The summed E-state index contributed by atoms with van der Waals surface area (Å²) in [5.74, 6) is -1.24. The number of carbonyl (C=O) groups is 1. The molecule has 5 heteroatoms. The van der Waals surface area contributed by atoms with Gasteiger partial charge < -0.3 is 10.3 Å². The van der Waals surface area contributed by atoms with Crippen molar-refractivity contribution in [3.63, 3.8) is 0 Å². The molecule has 0 aromatic heterocycles. The first-order chi connectivity index (χ1) is 6.42. The number of nitrogens with zero attached hydrogens (tertiary/aromatic N) is 2. The van der Waals surface area contributed by atoms with Gasteiger partial charge in [-0.25, -0.2) is 0 Å². The highest BCUT2D eigenvalue weighted by molar-refractivity contribution is 6.11. The van der Waals surface area contributed by atoms with E-state index in [1.807, 2.05) is 0 Å². The third-order valence-corrected chi connectivity index (χ3v) is 3.04. The van der Waals surface area contributed by atoms with Crippen LogP contribution in [0.25, 0.3) is 0 Å². The number of rotatable bonds is 1. The molecule has 5 nitrogen and oxygen atoms in total. The van der Waals surface area contributed by atoms with E-state index < -0.39 is 16.8 Å². The molecule has 0 heterocycles. The molecule has 14 heavy (non-hydrogen) atoms. The van der Waals surface area contributed by atoms with Gasteiger partial charge in [0.15, 0.2) is 5.41 Å². The van der Waals surface area contributed by atoms with E-state index in [4.69, 9.17) is 15.6 Å². The standard InChI is InChI=1S/C9H12N2O3/c1-8(2)4-3-6(11-14)9(8,5-10)7(12)13/h14H,3-4H2,1-2H3,(H,12,13)/b11-6+. The fourth-order valence-corrected chi connectivity index (χ4v) is 2.00. The maximum atomic E-state index is 11.1. The normalized spacial score (nSPS) is 32.8. The number of oxime groups is 1. The zero-order valence-electron chi connectivity index (χ0n) is 8.11. The molecule has 0 spiro atoms. The fraction of sp³-hybridized carbons (Fsp3) is 0.667. The molecule has 1 aliphatic rings. The van der Waals surface area contributed by atoms with Crippen LogP contribution < -0.4 is 0 Å². The van der Waals surface area contributed by atoms with E-state index in [2.05, 4.69) is 5.16 Å². The Morgan fingerprint density at radius 3 is 2.50 bits per heavy atom. The zero-order valence-corrected chi connectivity index (χ0v) is 8.11. The van der Waals surface area contributed by atoms with Crippen LogP contribution in [-0.4, -0.2) is 22.0 Å². The maximum Gasteiger partial charge on any atom is 0.330 e. The van der Waals surface area contributed by atoms with Crippen molar-refractivity contribution in [1.82, 2.24) is 0 Å². The highest BCUT2D eigenvalue weighted by Crippen LogP contribution is 2.50. The van der Waals surface area contributed by atoms with E-state index in [0.717, 1.165) is 0 Å². The predicted octanol–water partition coefficient (Wildman–Crippen LogP) is 1.23. The molecule has 2 N–H and O–H groups in total. The minimum atomic E-state index is -1.68. The third kappa shape index (κ3) is 1.00. The second-order valence-corrected chi connectivity index (χ2v) is 4.10. The van der Waals surface area contributed by atoms with Gasteiger partial charge in [-0.2, -0.15) is 5.26 Å². The molecule has 1 aliphatic carbocycles. The Kier molecular flexibility index (Phi) is 2.24. The molecule has 1 saturated carbocycles.